The van der Waals surface area contributed by atoms with Gasteiger partial charge in [-0.3, -0.25) is 4.79 Å². The molecule has 1 aromatic carbocycles. The fourth-order valence-electron chi connectivity index (χ4n) is 6.37. The number of hydrogen-bond donors (Lipinski definition) is 0. The molecule has 1 aromatic heterocycles. The Hall–Kier alpha value is -1.87. The average Bonchev–Trinajstić information content (AvgIpc) is 3.31. The number of fused-ring (bicyclic) bond motifs is 5. The van der Waals surface area contributed by atoms with Gasteiger partial charge in [-0.25, -0.2) is 0 Å². The quantitative estimate of drug-likeness (QED) is 0.624. The normalized spacial score (nSPS) is 31.9. The second-order valence-electron chi connectivity index (χ2n) is 8.64. The number of rotatable bonds is 3. The molecule has 0 aliphatic heterocycles. The number of aryl methyl sites for hydroxylation is 1. The van der Waals surface area contributed by atoms with Crippen molar-refractivity contribution in [2.45, 2.75) is 44.9 Å². The lowest BCUT2D eigenvalue weighted by Gasteiger charge is -2.50. The summed E-state index contributed by atoms with van der Waals surface area (Å²) in [5.74, 6) is 2.87. The summed E-state index contributed by atoms with van der Waals surface area (Å²) in [4.78, 5) is 13.3. The number of carbonyl (C=O) groups excluding carboxylic acids is 1. The third-order valence-electron chi connectivity index (χ3n) is 7.57. The van der Waals surface area contributed by atoms with Crippen molar-refractivity contribution in [3.05, 3.63) is 57.3 Å². The molecule has 1 heterocycles. The minimum absolute atomic E-state index is 0.145. The van der Waals surface area contributed by atoms with E-state index < -0.39 is 0 Å². The maximum atomic E-state index is 12.0. The molecule has 0 radical (unpaired) electrons. The van der Waals surface area contributed by atoms with Gasteiger partial charge in [0.15, 0.2) is 0 Å². The fourth-order valence-corrected chi connectivity index (χ4v) is 7.31. The number of methoxy groups -OCH3 is 1. The van der Waals surface area contributed by atoms with Crippen molar-refractivity contribution < 1.29 is 9.53 Å². The summed E-state index contributed by atoms with van der Waals surface area (Å²) < 4.78 is 5.44. The van der Waals surface area contributed by atoms with E-state index in [0.717, 1.165) is 30.5 Å². The van der Waals surface area contributed by atoms with Gasteiger partial charge in [-0.15, -0.1) is 11.3 Å². The van der Waals surface area contributed by atoms with Gasteiger partial charge in [-0.1, -0.05) is 19.1 Å². The van der Waals surface area contributed by atoms with Gasteiger partial charge >= 0.3 is 0 Å². The number of ether oxygens (including phenoxy) is 1. The number of thiophene rings is 1. The van der Waals surface area contributed by atoms with Crippen LogP contribution in [-0.4, -0.2) is 13.4 Å². The van der Waals surface area contributed by atoms with Crippen LogP contribution in [0.4, 0.5) is 0 Å². The van der Waals surface area contributed by atoms with E-state index in [2.05, 4.69) is 42.6 Å². The third-order valence-corrected chi connectivity index (χ3v) is 8.45. The molecular weight excluding hydrogens is 352 g/mol. The molecule has 2 aromatic rings. The van der Waals surface area contributed by atoms with Crippen LogP contribution in [0.2, 0.25) is 0 Å². The van der Waals surface area contributed by atoms with Crippen LogP contribution in [0.5, 0.6) is 5.75 Å². The Bertz CT molecular complexity index is 910. The molecular formula is C24H26O2S. The molecule has 0 bridgehead atoms. The maximum absolute atomic E-state index is 12.0. The van der Waals surface area contributed by atoms with Crippen molar-refractivity contribution >= 4 is 23.2 Å². The van der Waals surface area contributed by atoms with E-state index in [1.807, 2.05) is 0 Å². The Morgan fingerprint density at radius 2 is 2.15 bits per heavy atom. The molecule has 27 heavy (non-hydrogen) atoms. The predicted octanol–water partition coefficient (Wildman–Crippen LogP) is 5.88. The molecule has 0 spiro atoms. The van der Waals surface area contributed by atoms with Gasteiger partial charge in [-0.2, -0.15) is 0 Å². The van der Waals surface area contributed by atoms with E-state index in [-0.39, 0.29) is 5.41 Å². The Labute approximate surface area is 165 Å². The second-order valence-corrected chi connectivity index (χ2v) is 9.58. The SMILES string of the molecule is COc1ccc2c(c1)CC[C@@H]1[C@@H]2CC[C@]2(C)C(c3cccs3)=C(C=O)C[C@@H]12. The number of allylic oxidation sites excluding steroid dienone is 2. The summed E-state index contributed by atoms with van der Waals surface area (Å²) in [5, 5.41) is 2.14. The molecule has 1 fully saturated rings. The highest BCUT2D eigenvalue weighted by Crippen LogP contribution is 2.65. The molecule has 3 aliphatic carbocycles. The summed E-state index contributed by atoms with van der Waals surface area (Å²) in [6.45, 7) is 2.43. The number of aldehydes is 1. The molecule has 0 saturated heterocycles. The van der Waals surface area contributed by atoms with Crippen LogP contribution >= 0.6 is 11.3 Å². The molecule has 4 atom stereocenters. The molecule has 5 rings (SSSR count). The van der Waals surface area contributed by atoms with Gasteiger partial charge in [0.2, 0.25) is 0 Å². The molecule has 3 aliphatic rings. The van der Waals surface area contributed by atoms with Gasteiger partial charge in [0, 0.05) is 4.88 Å². The molecule has 0 N–H and O–H groups in total. The third kappa shape index (κ3) is 2.47. The lowest BCUT2D eigenvalue weighted by atomic mass is 9.54. The zero-order valence-electron chi connectivity index (χ0n) is 16.0. The number of hydrogen-bond acceptors (Lipinski definition) is 3. The maximum Gasteiger partial charge on any atom is 0.146 e. The van der Waals surface area contributed by atoms with Crippen LogP contribution in [0.3, 0.4) is 0 Å². The monoisotopic (exact) mass is 378 g/mol. The van der Waals surface area contributed by atoms with Crippen molar-refractivity contribution in [1.29, 1.82) is 0 Å². The van der Waals surface area contributed by atoms with E-state index in [1.54, 1.807) is 18.4 Å². The first-order valence-electron chi connectivity index (χ1n) is 10.0. The Morgan fingerprint density at radius 1 is 1.26 bits per heavy atom. The molecule has 0 unspecified atom stereocenters. The largest absolute Gasteiger partial charge is 0.497 e. The smallest absolute Gasteiger partial charge is 0.146 e. The zero-order valence-corrected chi connectivity index (χ0v) is 16.9. The van der Waals surface area contributed by atoms with Crippen LogP contribution in [-0.2, 0) is 11.2 Å². The first-order chi connectivity index (χ1) is 13.2. The lowest BCUT2D eigenvalue weighted by Crippen LogP contribution is -2.40. The van der Waals surface area contributed by atoms with Crippen molar-refractivity contribution in [3.63, 3.8) is 0 Å². The van der Waals surface area contributed by atoms with Crippen molar-refractivity contribution in [2.24, 2.45) is 17.3 Å². The Morgan fingerprint density at radius 3 is 2.89 bits per heavy atom. The summed E-state index contributed by atoms with van der Waals surface area (Å²) >= 11 is 1.78. The highest BCUT2D eigenvalue weighted by molar-refractivity contribution is 7.11. The summed E-state index contributed by atoms with van der Waals surface area (Å²) in [6.07, 6.45) is 6.86. The molecule has 0 amide bonds. The first kappa shape index (κ1) is 17.2. The number of benzene rings is 1. The van der Waals surface area contributed by atoms with Gasteiger partial charge in [0.1, 0.15) is 12.0 Å². The topological polar surface area (TPSA) is 26.3 Å². The van der Waals surface area contributed by atoms with Crippen molar-refractivity contribution in [1.82, 2.24) is 0 Å². The molecule has 2 nitrogen and oxygen atoms in total. The number of carbonyl (C=O) groups is 1. The lowest BCUT2D eigenvalue weighted by molar-refractivity contribution is -0.105. The highest BCUT2D eigenvalue weighted by Gasteiger charge is 2.54. The average molecular weight is 379 g/mol. The van der Waals surface area contributed by atoms with E-state index in [9.17, 15) is 4.79 Å². The standard InChI is InChI=1S/C24H26O2S/c1-24-10-9-19-18-8-6-17(26-2)12-15(18)5-7-20(19)21(24)13-16(14-25)23(24)22-4-3-11-27-22/h3-4,6,8,11-12,14,19-21H,5,7,9-10,13H2,1-2H3/t19-,20-,21+,24+/m1/s1. The van der Waals surface area contributed by atoms with Crippen molar-refractivity contribution in [2.75, 3.05) is 7.11 Å². The van der Waals surface area contributed by atoms with E-state index in [1.165, 1.54) is 40.8 Å². The van der Waals surface area contributed by atoms with Crippen LogP contribution < -0.4 is 4.74 Å². The first-order valence-corrected chi connectivity index (χ1v) is 10.9. The van der Waals surface area contributed by atoms with Gasteiger partial charge < -0.3 is 4.74 Å². The second kappa shape index (κ2) is 6.34. The molecule has 1 saturated carbocycles. The van der Waals surface area contributed by atoms with E-state index in [4.69, 9.17) is 4.74 Å². The summed E-state index contributed by atoms with van der Waals surface area (Å²) in [5.41, 5.74) is 5.57. The molecule has 140 valence electrons. The van der Waals surface area contributed by atoms with E-state index >= 15 is 0 Å². The van der Waals surface area contributed by atoms with Gasteiger partial charge in [0.25, 0.3) is 0 Å². The zero-order chi connectivity index (χ0) is 18.6. The molecule has 3 heteroatoms. The fraction of sp³-hybridized carbons (Fsp3) is 0.458. The van der Waals surface area contributed by atoms with Crippen LogP contribution in [0, 0.1) is 17.3 Å². The summed E-state index contributed by atoms with van der Waals surface area (Å²) in [6, 6.07) is 11.0. The Balaban J connectivity index is 1.53. The van der Waals surface area contributed by atoms with Gasteiger partial charge in [0.05, 0.1) is 7.11 Å². The minimum atomic E-state index is 0.145. The highest BCUT2D eigenvalue weighted by atomic mass is 32.1. The van der Waals surface area contributed by atoms with Crippen LogP contribution in [0.1, 0.15) is 54.5 Å². The summed E-state index contributed by atoms with van der Waals surface area (Å²) in [7, 11) is 1.75. The van der Waals surface area contributed by atoms with Crippen LogP contribution in [0.15, 0.2) is 41.3 Å². The van der Waals surface area contributed by atoms with Gasteiger partial charge in [-0.05, 0) is 101 Å². The van der Waals surface area contributed by atoms with Crippen LogP contribution in [0.25, 0.3) is 5.57 Å². The predicted molar refractivity (Wildman–Crippen MR) is 110 cm³/mol. The van der Waals surface area contributed by atoms with E-state index in [0.29, 0.717) is 17.8 Å². The minimum Gasteiger partial charge on any atom is -0.497 e. The Kier molecular flexibility index (Phi) is 4.05. The van der Waals surface area contributed by atoms with Crippen molar-refractivity contribution in [3.8, 4) is 5.75 Å².